The molecule has 2 aromatic rings. The second kappa shape index (κ2) is 9.28. The van der Waals surface area contributed by atoms with Gasteiger partial charge in [-0.1, -0.05) is 17.7 Å². The van der Waals surface area contributed by atoms with Gasteiger partial charge in [0.2, 0.25) is 5.91 Å². The van der Waals surface area contributed by atoms with Gasteiger partial charge in [-0.15, -0.1) is 23.1 Å². The van der Waals surface area contributed by atoms with Crippen molar-refractivity contribution in [2.24, 2.45) is 0 Å². The van der Waals surface area contributed by atoms with Crippen LogP contribution in [0.3, 0.4) is 0 Å². The Morgan fingerprint density at radius 2 is 1.94 bits per heavy atom. The van der Waals surface area contributed by atoms with Crippen LogP contribution in [0.1, 0.15) is 12.5 Å². The summed E-state index contributed by atoms with van der Waals surface area (Å²) >= 11 is 2.60. The summed E-state index contributed by atoms with van der Waals surface area (Å²) in [5.41, 5.74) is 0.858. The van der Waals surface area contributed by atoms with E-state index in [1.165, 1.54) is 53.1 Å². The number of anilines is 1. The average Bonchev–Trinajstić information content (AvgIpc) is 3.31. The van der Waals surface area contributed by atoms with Crippen LogP contribution < -0.4 is 4.90 Å². The molecule has 3 heterocycles. The molecule has 1 N–H and O–H groups in total. The first-order valence-corrected chi connectivity index (χ1v) is 13.4. The first kappa shape index (κ1) is 24.0. The van der Waals surface area contributed by atoms with E-state index < -0.39 is 33.4 Å². The predicted octanol–water partition coefficient (Wildman–Crippen LogP) is 2.95. The summed E-state index contributed by atoms with van der Waals surface area (Å²) in [5, 5.41) is 11.6. The summed E-state index contributed by atoms with van der Waals surface area (Å²) < 4.78 is 29.7. The number of hydrogen-bond donors (Lipinski definition) is 1. The van der Waals surface area contributed by atoms with Crippen molar-refractivity contribution in [2.75, 3.05) is 10.7 Å². The van der Waals surface area contributed by atoms with Crippen molar-refractivity contribution in [3.63, 3.8) is 0 Å². The number of aliphatic carboxylic acids is 1. The highest BCUT2D eigenvalue weighted by molar-refractivity contribution is 8.00. The van der Waals surface area contributed by atoms with Crippen molar-refractivity contribution < 1.29 is 32.1 Å². The van der Waals surface area contributed by atoms with Crippen molar-refractivity contribution in [1.29, 1.82) is 0 Å². The summed E-state index contributed by atoms with van der Waals surface area (Å²) in [6.45, 7) is 3.18. The van der Waals surface area contributed by atoms with Crippen LogP contribution in [0.2, 0.25) is 0 Å². The summed E-state index contributed by atoms with van der Waals surface area (Å²) in [4.78, 5) is 39.8. The van der Waals surface area contributed by atoms with Gasteiger partial charge in [-0.05, 0) is 48.2 Å². The lowest BCUT2D eigenvalue weighted by Crippen LogP contribution is -2.71. The molecule has 0 spiro atoms. The standard InChI is InChI=1S/C22H20N2O7S3/c1-13-5-7-16(8-6-13)34(29,30)31-10-9-15-12-33-21-19(20(26)24(21)18(15)22(27)28)23(14(2)25)17-4-3-11-32-17/h3-11,19,21H,12H2,1-2H3,(H,27,28). The Kier molecular flexibility index (Phi) is 6.56. The Labute approximate surface area is 204 Å². The predicted molar refractivity (Wildman–Crippen MR) is 128 cm³/mol. The van der Waals surface area contributed by atoms with Crippen molar-refractivity contribution in [2.45, 2.75) is 30.2 Å². The van der Waals surface area contributed by atoms with Gasteiger partial charge in [-0.3, -0.25) is 19.4 Å². The quantitative estimate of drug-likeness (QED) is 0.336. The van der Waals surface area contributed by atoms with Crippen molar-refractivity contribution in [1.82, 2.24) is 4.90 Å². The number of fused-ring (bicyclic) bond motifs is 1. The number of allylic oxidation sites excluding steroid dienone is 1. The van der Waals surface area contributed by atoms with Gasteiger partial charge in [0.15, 0.2) is 0 Å². The van der Waals surface area contributed by atoms with E-state index >= 15 is 0 Å². The molecule has 2 aliphatic heterocycles. The molecule has 178 valence electrons. The Hall–Kier alpha value is -3.09. The molecule has 0 aliphatic carbocycles. The second-order valence-electron chi connectivity index (χ2n) is 7.54. The minimum Gasteiger partial charge on any atom is -0.477 e. The molecule has 2 amide bonds. The normalized spacial score (nSPS) is 20.2. The summed E-state index contributed by atoms with van der Waals surface area (Å²) in [5.74, 6) is -1.98. The zero-order valence-electron chi connectivity index (χ0n) is 18.1. The molecular formula is C22H20N2O7S3. The Balaban J connectivity index is 1.57. The molecular weight excluding hydrogens is 500 g/mol. The van der Waals surface area contributed by atoms with E-state index in [0.29, 0.717) is 5.00 Å². The molecule has 34 heavy (non-hydrogen) atoms. The third-order valence-electron chi connectivity index (χ3n) is 5.29. The molecule has 2 unspecified atom stereocenters. The third kappa shape index (κ3) is 4.36. The first-order valence-electron chi connectivity index (χ1n) is 10.0. The summed E-state index contributed by atoms with van der Waals surface area (Å²) in [7, 11) is -4.08. The maximum Gasteiger partial charge on any atom is 0.352 e. The largest absolute Gasteiger partial charge is 0.477 e. The fraction of sp³-hybridized carbons (Fsp3) is 0.227. The van der Waals surface area contributed by atoms with E-state index in [0.717, 1.165) is 16.7 Å². The Morgan fingerprint density at radius 1 is 1.24 bits per heavy atom. The number of carbonyl (C=O) groups excluding carboxylic acids is 2. The van der Waals surface area contributed by atoms with Crippen molar-refractivity contribution in [3.05, 3.63) is 70.9 Å². The number of rotatable bonds is 7. The van der Waals surface area contributed by atoms with Crippen molar-refractivity contribution >= 4 is 56.0 Å². The van der Waals surface area contributed by atoms with Crippen LogP contribution in [-0.4, -0.2) is 53.4 Å². The van der Waals surface area contributed by atoms with Crippen LogP contribution >= 0.6 is 23.1 Å². The second-order valence-corrected chi connectivity index (χ2v) is 11.1. The minimum atomic E-state index is -4.08. The van der Waals surface area contributed by atoms with Crippen LogP contribution in [0, 0.1) is 6.92 Å². The monoisotopic (exact) mass is 520 g/mol. The van der Waals surface area contributed by atoms with E-state index in [1.807, 2.05) is 6.92 Å². The highest BCUT2D eigenvalue weighted by Gasteiger charge is 2.57. The van der Waals surface area contributed by atoms with Gasteiger partial charge in [0, 0.05) is 12.7 Å². The molecule has 4 rings (SSSR count). The van der Waals surface area contributed by atoms with Gasteiger partial charge in [-0.2, -0.15) is 8.42 Å². The Morgan fingerprint density at radius 3 is 2.53 bits per heavy atom. The van der Waals surface area contributed by atoms with Crippen LogP contribution in [0.4, 0.5) is 5.00 Å². The zero-order valence-corrected chi connectivity index (χ0v) is 20.5. The molecule has 9 nitrogen and oxygen atoms in total. The van der Waals surface area contributed by atoms with E-state index in [9.17, 15) is 27.9 Å². The van der Waals surface area contributed by atoms with Gasteiger partial charge >= 0.3 is 16.1 Å². The van der Waals surface area contributed by atoms with E-state index in [2.05, 4.69) is 0 Å². The van der Waals surface area contributed by atoms with E-state index in [4.69, 9.17) is 4.18 Å². The van der Waals surface area contributed by atoms with Gasteiger partial charge in [0.25, 0.3) is 5.91 Å². The van der Waals surface area contributed by atoms with Gasteiger partial charge in [0.1, 0.15) is 28.3 Å². The first-order chi connectivity index (χ1) is 16.1. The van der Waals surface area contributed by atoms with Crippen LogP contribution in [0.5, 0.6) is 0 Å². The lowest BCUT2D eigenvalue weighted by atomic mass is 10.0. The number of β-lactam (4-membered cyclic amide) rings is 1. The van der Waals surface area contributed by atoms with Gasteiger partial charge in [-0.25, -0.2) is 4.79 Å². The Bertz CT molecular complexity index is 1300. The molecule has 1 aromatic heterocycles. The number of carboxylic acids is 1. The molecule has 0 bridgehead atoms. The van der Waals surface area contributed by atoms with Crippen LogP contribution in [0.25, 0.3) is 0 Å². The number of aryl methyl sites for hydroxylation is 1. The molecule has 0 radical (unpaired) electrons. The molecule has 2 atom stereocenters. The number of benzene rings is 1. The number of carbonyl (C=O) groups is 3. The molecule has 1 saturated heterocycles. The lowest BCUT2D eigenvalue weighted by Gasteiger charge is -2.52. The summed E-state index contributed by atoms with van der Waals surface area (Å²) in [6.07, 6.45) is 2.14. The smallest absolute Gasteiger partial charge is 0.352 e. The van der Waals surface area contributed by atoms with Crippen molar-refractivity contribution in [3.8, 4) is 0 Å². The fourth-order valence-electron chi connectivity index (χ4n) is 3.69. The lowest BCUT2D eigenvalue weighted by molar-refractivity contribution is -0.148. The van der Waals surface area contributed by atoms with Crippen LogP contribution in [-0.2, 0) is 28.7 Å². The molecule has 2 aliphatic rings. The van der Waals surface area contributed by atoms with Gasteiger partial charge in [0.05, 0.1) is 5.00 Å². The zero-order chi connectivity index (χ0) is 24.6. The number of hydrogen-bond acceptors (Lipinski definition) is 8. The van der Waals surface area contributed by atoms with E-state index in [1.54, 1.807) is 29.6 Å². The maximum atomic E-state index is 13.0. The number of nitrogens with zero attached hydrogens (tertiary/aromatic N) is 2. The highest BCUT2D eigenvalue weighted by atomic mass is 32.2. The SMILES string of the molecule is CC(=O)N(c1cccs1)C1C(=O)N2C(C(=O)O)=C(C=COS(=O)(=O)c3ccc(C)cc3)CSC12. The molecule has 12 heteroatoms. The number of amides is 2. The topological polar surface area (TPSA) is 121 Å². The number of thioether (sulfide) groups is 1. The minimum absolute atomic E-state index is 0.0352. The van der Waals surface area contributed by atoms with E-state index in [-0.39, 0.29) is 27.8 Å². The molecule has 1 aromatic carbocycles. The fourth-order valence-corrected chi connectivity index (χ4v) is 6.65. The number of thiophene rings is 1. The molecule has 1 fully saturated rings. The number of carboxylic acid groups (broad SMARTS) is 1. The highest BCUT2D eigenvalue weighted by Crippen LogP contribution is 2.44. The van der Waals surface area contributed by atoms with Gasteiger partial charge < -0.3 is 9.29 Å². The van der Waals surface area contributed by atoms with Crippen LogP contribution in [0.15, 0.2) is 70.3 Å². The third-order valence-corrected chi connectivity index (χ3v) is 8.66. The molecule has 0 saturated carbocycles. The average molecular weight is 521 g/mol. The maximum absolute atomic E-state index is 13.0. The summed E-state index contributed by atoms with van der Waals surface area (Å²) in [6, 6.07) is 8.76.